The number of hydrogen-bond acceptors (Lipinski definition) is 6. The fourth-order valence-corrected chi connectivity index (χ4v) is 2.86. The van der Waals surface area contributed by atoms with Crippen molar-refractivity contribution in [3.05, 3.63) is 79.3 Å². The zero-order chi connectivity index (χ0) is 19.5. The Balaban J connectivity index is 1.57. The summed E-state index contributed by atoms with van der Waals surface area (Å²) in [5.74, 6) is -0.474. The van der Waals surface area contributed by atoms with Crippen LogP contribution in [0.1, 0.15) is 10.5 Å². The number of esters is 1. The number of carbonyl (C=O) groups is 1. The molecule has 2 aromatic carbocycles. The Kier molecular flexibility index (Phi) is 4.55. The molecule has 0 atom stereocenters. The highest BCUT2D eigenvalue weighted by atomic mass is 16.5. The maximum Gasteiger partial charge on any atom is 0.358 e. The highest BCUT2D eigenvalue weighted by molar-refractivity contribution is 5.87. The van der Waals surface area contributed by atoms with Crippen LogP contribution in [0.2, 0.25) is 0 Å². The van der Waals surface area contributed by atoms with Crippen LogP contribution in [0, 0.1) is 0 Å². The van der Waals surface area contributed by atoms with E-state index in [0.29, 0.717) is 5.69 Å². The minimum Gasteiger partial charge on any atom is -0.472 e. The maximum absolute atomic E-state index is 11.6. The third-order valence-electron chi connectivity index (χ3n) is 4.31. The molecule has 0 saturated carbocycles. The molecule has 28 heavy (non-hydrogen) atoms. The first-order chi connectivity index (χ1) is 13.6. The van der Waals surface area contributed by atoms with Crippen molar-refractivity contribution in [3.63, 3.8) is 0 Å². The number of ether oxygens (including phenoxy) is 1. The van der Waals surface area contributed by atoms with Crippen molar-refractivity contribution >= 4 is 23.0 Å². The Morgan fingerprint density at radius 3 is 2.82 bits per heavy atom. The minimum absolute atomic E-state index is 0.250. The minimum atomic E-state index is -0.474. The molecule has 0 aliphatic carbocycles. The van der Waals surface area contributed by atoms with E-state index in [1.165, 1.54) is 7.11 Å². The van der Waals surface area contributed by atoms with Gasteiger partial charge in [0, 0.05) is 23.1 Å². The number of rotatable bonds is 5. The number of furan rings is 1. The van der Waals surface area contributed by atoms with Crippen molar-refractivity contribution in [2.24, 2.45) is 0 Å². The van der Waals surface area contributed by atoms with Gasteiger partial charge in [0.05, 0.1) is 31.0 Å². The van der Waals surface area contributed by atoms with Crippen LogP contribution in [0.5, 0.6) is 0 Å². The normalized spacial score (nSPS) is 10.6. The van der Waals surface area contributed by atoms with E-state index in [-0.39, 0.29) is 5.69 Å². The molecule has 140 valence electrons. The number of benzene rings is 2. The Labute approximate surface area is 161 Å². The predicted molar refractivity (Wildman–Crippen MR) is 107 cm³/mol. The molecule has 0 bridgehead atoms. The van der Waals surface area contributed by atoms with Gasteiger partial charge in [0.2, 0.25) is 0 Å². The summed E-state index contributed by atoms with van der Waals surface area (Å²) in [6.07, 6.45) is 6.50. The Morgan fingerprint density at radius 2 is 2.07 bits per heavy atom. The largest absolute Gasteiger partial charge is 0.472 e. The number of hydrogen-bond donors (Lipinski definition) is 2. The van der Waals surface area contributed by atoms with Crippen molar-refractivity contribution in [2.45, 2.75) is 0 Å². The van der Waals surface area contributed by atoms with E-state index < -0.39 is 5.97 Å². The molecule has 0 fully saturated rings. The Morgan fingerprint density at radius 1 is 1.18 bits per heavy atom. The number of aromatic nitrogens is 2. The van der Waals surface area contributed by atoms with E-state index in [1.807, 2.05) is 48.5 Å². The van der Waals surface area contributed by atoms with Gasteiger partial charge in [0.15, 0.2) is 5.69 Å². The van der Waals surface area contributed by atoms with Gasteiger partial charge in [0.1, 0.15) is 6.33 Å². The van der Waals surface area contributed by atoms with Crippen LogP contribution in [0.25, 0.3) is 16.8 Å². The second-order valence-corrected chi connectivity index (χ2v) is 6.15. The molecule has 0 aliphatic heterocycles. The summed E-state index contributed by atoms with van der Waals surface area (Å²) in [6.45, 7) is 0. The second kappa shape index (κ2) is 7.32. The van der Waals surface area contributed by atoms with Crippen LogP contribution in [-0.2, 0) is 4.74 Å². The Hall–Kier alpha value is -4.00. The molecule has 4 aromatic rings. The summed E-state index contributed by atoms with van der Waals surface area (Å²) in [4.78, 5) is 15.7. The number of nitrogens with two attached hydrogens (primary N) is 1. The van der Waals surface area contributed by atoms with Crippen molar-refractivity contribution in [3.8, 4) is 16.8 Å². The number of nitrogens with one attached hydrogen (secondary N) is 1. The predicted octanol–water partition coefficient (Wildman–Crippen LogP) is 4.24. The molecule has 0 radical (unpaired) electrons. The third kappa shape index (κ3) is 3.45. The van der Waals surface area contributed by atoms with Gasteiger partial charge >= 0.3 is 5.97 Å². The Bertz CT molecular complexity index is 1120. The van der Waals surface area contributed by atoms with Gasteiger partial charge in [-0.25, -0.2) is 9.78 Å². The van der Waals surface area contributed by atoms with E-state index >= 15 is 0 Å². The van der Waals surface area contributed by atoms with E-state index in [0.717, 1.165) is 28.2 Å². The van der Waals surface area contributed by atoms with E-state index in [4.69, 9.17) is 14.9 Å². The van der Waals surface area contributed by atoms with Gasteiger partial charge in [0.25, 0.3) is 0 Å². The first-order valence-corrected chi connectivity index (χ1v) is 8.56. The molecule has 3 N–H and O–H groups in total. The zero-order valence-corrected chi connectivity index (χ0v) is 15.1. The molecule has 0 amide bonds. The van der Waals surface area contributed by atoms with Crippen LogP contribution in [0.3, 0.4) is 0 Å². The summed E-state index contributed by atoms with van der Waals surface area (Å²) in [6, 6.07) is 15.4. The van der Waals surface area contributed by atoms with Gasteiger partial charge in [-0.05, 0) is 42.0 Å². The van der Waals surface area contributed by atoms with Crippen LogP contribution < -0.4 is 11.1 Å². The fraction of sp³-hybridized carbons (Fsp3) is 0.0476. The molecule has 7 heteroatoms. The van der Waals surface area contributed by atoms with Crippen LogP contribution >= 0.6 is 0 Å². The summed E-state index contributed by atoms with van der Waals surface area (Å²) in [5, 5.41) is 3.32. The van der Waals surface area contributed by atoms with Crippen LogP contribution in [-0.4, -0.2) is 22.6 Å². The standard InChI is InChI=1S/C21H18N4O3/c1-27-21(26)20-11-25(13-23-20)17-4-2-3-16(10-17)24-19-6-5-14(9-18(19)22)15-7-8-28-12-15/h2-13,24H,22H2,1H3. The lowest BCUT2D eigenvalue weighted by molar-refractivity contribution is 0.0594. The molecule has 0 spiro atoms. The van der Waals surface area contributed by atoms with E-state index in [1.54, 1.807) is 29.6 Å². The van der Waals surface area contributed by atoms with Crippen molar-refractivity contribution < 1.29 is 13.9 Å². The smallest absolute Gasteiger partial charge is 0.358 e. The molecule has 0 aliphatic rings. The molecular weight excluding hydrogens is 356 g/mol. The van der Waals surface area contributed by atoms with E-state index in [2.05, 4.69) is 10.3 Å². The average molecular weight is 374 g/mol. The first kappa shape index (κ1) is 17.4. The summed E-state index contributed by atoms with van der Waals surface area (Å²) >= 11 is 0. The molecular formula is C21H18N4O3. The molecule has 0 saturated heterocycles. The molecule has 2 aromatic heterocycles. The molecule has 4 rings (SSSR count). The second-order valence-electron chi connectivity index (χ2n) is 6.15. The highest BCUT2D eigenvalue weighted by Gasteiger charge is 2.10. The average Bonchev–Trinajstić information content (AvgIpc) is 3.41. The monoisotopic (exact) mass is 374 g/mol. The lowest BCUT2D eigenvalue weighted by Gasteiger charge is -2.12. The molecule has 0 unspecified atom stereocenters. The van der Waals surface area contributed by atoms with Crippen molar-refractivity contribution in [1.29, 1.82) is 0 Å². The van der Waals surface area contributed by atoms with Gasteiger partial charge in [-0.3, -0.25) is 0 Å². The maximum atomic E-state index is 11.6. The van der Waals surface area contributed by atoms with Gasteiger partial charge in [-0.2, -0.15) is 0 Å². The molecule has 2 heterocycles. The van der Waals surface area contributed by atoms with Crippen LogP contribution in [0.15, 0.2) is 78.0 Å². The molecule has 7 nitrogen and oxygen atoms in total. The quantitative estimate of drug-likeness (QED) is 0.401. The van der Waals surface area contributed by atoms with Gasteiger partial charge < -0.3 is 24.8 Å². The lowest BCUT2D eigenvalue weighted by Crippen LogP contribution is -2.01. The van der Waals surface area contributed by atoms with Crippen molar-refractivity contribution in [1.82, 2.24) is 9.55 Å². The number of anilines is 3. The highest BCUT2D eigenvalue weighted by Crippen LogP contribution is 2.29. The lowest BCUT2D eigenvalue weighted by atomic mass is 10.1. The van der Waals surface area contributed by atoms with Crippen molar-refractivity contribution in [2.75, 3.05) is 18.2 Å². The van der Waals surface area contributed by atoms with Gasteiger partial charge in [-0.1, -0.05) is 12.1 Å². The van der Waals surface area contributed by atoms with Crippen LogP contribution in [0.4, 0.5) is 17.1 Å². The summed E-state index contributed by atoms with van der Waals surface area (Å²) in [5.41, 5.74) is 11.6. The summed E-state index contributed by atoms with van der Waals surface area (Å²) < 4.78 is 11.6. The zero-order valence-electron chi connectivity index (χ0n) is 15.1. The number of methoxy groups -OCH3 is 1. The third-order valence-corrected chi connectivity index (χ3v) is 4.31. The number of carbonyl (C=O) groups excluding carboxylic acids is 1. The number of imidazole rings is 1. The number of nitrogens with zero attached hydrogens (tertiary/aromatic N) is 2. The summed E-state index contributed by atoms with van der Waals surface area (Å²) in [7, 11) is 1.33. The van der Waals surface area contributed by atoms with Gasteiger partial charge in [-0.15, -0.1) is 0 Å². The fourth-order valence-electron chi connectivity index (χ4n) is 2.86. The van der Waals surface area contributed by atoms with E-state index in [9.17, 15) is 4.79 Å². The first-order valence-electron chi connectivity index (χ1n) is 8.56. The topological polar surface area (TPSA) is 95.3 Å². The SMILES string of the molecule is COC(=O)c1cn(-c2cccc(Nc3ccc(-c4ccoc4)cc3N)c2)cn1. The number of nitrogen functional groups attached to an aromatic ring is 1.